The number of ether oxygens (including phenoxy) is 2. The van der Waals surface area contributed by atoms with Crippen LogP contribution >= 0.6 is 0 Å². The summed E-state index contributed by atoms with van der Waals surface area (Å²) >= 11 is 0. The van der Waals surface area contributed by atoms with Crippen molar-refractivity contribution in [1.82, 2.24) is 14.8 Å². The highest BCUT2D eigenvalue weighted by molar-refractivity contribution is 5.97. The molecule has 9 nitrogen and oxygen atoms in total. The highest BCUT2D eigenvalue weighted by Gasteiger charge is 2.35. The van der Waals surface area contributed by atoms with Crippen molar-refractivity contribution < 1.29 is 29.3 Å². The van der Waals surface area contributed by atoms with E-state index in [1.165, 1.54) is 6.20 Å². The Labute approximate surface area is 207 Å². The smallest absolute Gasteiger partial charge is 0.259 e. The Hall–Kier alpha value is -2.67. The number of hydrogen-bond donors (Lipinski definition) is 2. The molecule has 3 atom stereocenters. The van der Waals surface area contributed by atoms with Crippen molar-refractivity contribution >= 4 is 11.8 Å². The largest absolute Gasteiger partial charge is 0.472 e. The second-order valence-electron chi connectivity index (χ2n) is 10.1. The summed E-state index contributed by atoms with van der Waals surface area (Å²) in [6, 6.07) is 1.19. The summed E-state index contributed by atoms with van der Waals surface area (Å²) in [6.45, 7) is 8.59. The number of fused-ring (bicyclic) bond motifs is 1. The number of carbonyl (C=O) groups excluding carboxylic acids is 2. The zero-order valence-corrected chi connectivity index (χ0v) is 21.3. The molecule has 0 radical (unpaired) electrons. The molecule has 2 amide bonds. The van der Waals surface area contributed by atoms with Crippen molar-refractivity contribution in [3.05, 3.63) is 23.4 Å². The van der Waals surface area contributed by atoms with Gasteiger partial charge in [-0.2, -0.15) is 0 Å². The van der Waals surface area contributed by atoms with Gasteiger partial charge in [0.2, 0.25) is 11.8 Å². The first-order chi connectivity index (χ1) is 16.5. The standard InChI is InChI=1S/C26H37N3O6/c1-17-14-29(18(2)16-30)25(32)21-12-19(6-9-26(3,4)33)13-27-23(21)35-22(17)15-28(5)24(31)20-7-10-34-11-8-20/h12-13,17-18,20,22,30,33H,7-8,10-11,14-16H2,1-5H3/t17-,18-,22+/m1/s1. The SMILES string of the molecule is C[C@@H]1CN([C@H](C)CO)C(=O)c2cc(C#CC(C)(C)O)cnc2O[C@H]1CN(C)C(=O)C1CCOCC1. The summed E-state index contributed by atoms with van der Waals surface area (Å²) in [5.41, 5.74) is -0.482. The molecule has 192 valence electrons. The van der Waals surface area contributed by atoms with E-state index in [0.717, 1.165) is 0 Å². The van der Waals surface area contributed by atoms with Crippen LogP contribution in [-0.2, 0) is 9.53 Å². The lowest BCUT2D eigenvalue weighted by Crippen LogP contribution is -2.51. The van der Waals surface area contributed by atoms with Crippen LogP contribution in [0.15, 0.2) is 12.3 Å². The lowest BCUT2D eigenvalue weighted by molar-refractivity contribution is -0.138. The van der Waals surface area contributed by atoms with Crippen LogP contribution in [0.2, 0.25) is 0 Å². The summed E-state index contributed by atoms with van der Waals surface area (Å²) in [6.07, 6.45) is 2.51. The molecule has 0 bridgehead atoms. The molecule has 0 unspecified atom stereocenters. The lowest BCUT2D eigenvalue weighted by atomic mass is 9.97. The Morgan fingerprint density at radius 2 is 2.06 bits per heavy atom. The molecule has 1 aromatic rings. The molecule has 2 aliphatic heterocycles. The molecule has 1 aromatic heterocycles. The van der Waals surface area contributed by atoms with E-state index in [1.54, 1.807) is 43.7 Å². The van der Waals surface area contributed by atoms with E-state index in [-0.39, 0.29) is 41.7 Å². The highest BCUT2D eigenvalue weighted by Crippen LogP contribution is 2.28. The van der Waals surface area contributed by atoms with Crippen LogP contribution in [0.4, 0.5) is 0 Å². The molecule has 3 heterocycles. The predicted octanol–water partition coefficient (Wildman–Crippen LogP) is 1.31. The molecular weight excluding hydrogens is 450 g/mol. The van der Waals surface area contributed by atoms with Crippen molar-refractivity contribution in [2.45, 2.75) is 58.3 Å². The minimum Gasteiger partial charge on any atom is -0.472 e. The third kappa shape index (κ3) is 6.94. The Bertz CT molecular complexity index is 974. The third-order valence-electron chi connectivity index (χ3n) is 6.43. The number of nitrogens with zero attached hydrogens (tertiary/aromatic N) is 3. The van der Waals surface area contributed by atoms with Crippen LogP contribution in [0, 0.1) is 23.7 Å². The van der Waals surface area contributed by atoms with Crippen molar-refractivity contribution in [1.29, 1.82) is 0 Å². The fourth-order valence-corrected chi connectivity index (χ4v) is 4.23. The second-order valence-corrected chi connectivity index (χ2v) is 10.1. The summed E-state index contributed by atoms with van der Waals surface area (Å²) < 4.78 is 11.6. The average Bonchev–Trinajstić information content (AvgIpc) is 2.84. The van der Waals surface area contributed by atoms with Crippen LogP contribution < -0.4 is 4.74 Å². The monoisotopic (exact) mass is 487 g/mol. The van der Waals surface area contributed by atoms with Crippen molar-refractivity contribution in [2.75, 3.05) is 40.0 Å². The molecule has 0 spiro atoms. The fraction of sp³-hybridized carbons (Fsp3) is 0.654. The van der Waals surface area contributed by atoms with E-state index in [2.05, 4.69) is 16.8 Å². The maximum absolute atomic E-state index is 13.5. The van der Waals surface area contributed by atoms with E-state index in [1.807, 2.05) is 6.92 Å². The average molecular weight is 488 g/mol. The molecule has 3 rings (SSSR count). The number of likely N-dealkylation sites (N-methyl/N-ethyl adjacent to an activating group) is 1. The van der Waals surface area contributed by atoms with Crippen LogP contribution in [0.25, 0.3) is 0 Å². The number of aliphatic hydroxyl groups excluding tert-OH is 1. The van der Waals surface area contributed by atoms with Gasteiger partial charge in [-0.05, 0) is 39.7 Å². The minimum atomic E-state index is -1.19. The second kappa shape index (κ2) is 11.4. The summed E-state index contributed by atoms with van der Waals surface area (Å²) in [4.78, 5) is 34.2. The normalized spacial score (nSPS) is 22.1. The van der Waals surface area contributed by atoms with Gasteiger partial charge >= 0.3 is 0 Å². The fourth-order valence-electron chi connectivity index (χ4n) is 4.23. The Kier molecular flexibility index (Phi) is 8.75. The van der Waals surface area contributed by atoms with E-state index in [4.69, 9.17) is 9.47 Å². The molecule has 35 heavy (non-hydrogen) atoms. The first-order valence-electron chi connectivity index (χ1n) is 12.2. The molecular formula is C26H37N3O6. The van der Waals surface area contributed by atoms with Gasteiger partial charge in [-0.25, -0.2) is 4.98 Å². The molecule has 2 aliphatic rings. The number of aromatic nitrogens is 1. The van der Waals surface area contributed by atoms with Gasteiger partial charge in [-0.3, -0.25) is 9.59 Å². The number of amides is 2. The molecule has 0 aromatic carbocycles. The molecule has 0 aliphatic carbocycles. The lowest BCUT2D eigenvalue weighted by Gasteiger charge is -2.38. The number of rotatable bonds is 5. The molecule has 1 fully saturated rings. The Balaban J connectivity index is 1.91. The minimum absolute atomic E-state index is 0.0626. The zero-order valence-electron chi connectivity index (χ0n) is 21.3. The quantitative estimate of drug-likeness (QED) is 0.602. The van der Waals surface area contributed by atoms with Crippen molar-refractivity contribution in [3.63, 3.8) is 0 Å². The zero-order chi connectivity index (χ0) is 25.8. The summed E-state index contributed by atoms with van der Waals surface area (Å²) in [5, 5.41) is 19.7. The Morgan fingerprint density at radius 3 is 2.69 bits per heavy atom. The number of pyridine rings is 1. The maximum Gasteiger partial charge on any atom is 0.259 e. The molecule has 0 saturated carbocycles. The highest BCUT2D eigenvalue weighted by atomic mass is 16.5. The van der Waals surface area contributed by atoms with Gasteiger partial charge in [0, 0.05) is 50.4 Å². The molecule has 2 N–H and O–H groups in total. The van der Waals surface area contributed by atoms with Gasteiger partial charge in [-0.15, -0.1) is 0 Å². The van der Waals surface area contributed by atoms with Crippen LogP contribution in [0.5, 0.6) is 5.88 Å². The number of hydrogen-bond acceptors (Lipinski definition) is 7. The molecule has 9 heteroatoms. The van der Waals surface area contributed by atoms with Crippen LogP contribution in [0.3, 0.4) is 0 Å². The van der Waals surface area contributed by atoms with E-state index in [0.29, 0.717) is 44.7 Å². The summed E-state index contributed by atoms with van der Waals surface area (Å²) in [5.74, 6) is 5.32. The molecule has 1 saturated heterocycles. The van der Waals surface area contributed by atoms with Crippen molar-refractivity contribution in [3.8, 4) is 17.7 Å². The Morgan fingerprint density at radius 1 is 1.37 bits per heavy atom. The van der Waals surface area contributed by atoms with E-state index in [9.17, 15) is 19.8 Å². The van der Waals surface area contributed by atoms with Crippen LogP contribution in [-0.4, -0.2) is 94.5 Å². The first-order valence-corrected chi connectivity index (χ1v) is 12.2. The van der Waals surface area contributed by atoms with Gasteiger partial charge in [0.05, 0.1) is 19.2 Å². The number of aliphatic hydroxyl groups is 2. The topological polar surface area (TPSA) is 112 Å². The van der Waals surface area contributed by atoms with Gasteiger partial charge in [0.15, 0.2) is 0 Å². The van der Waals surface area contributed by atoms with Gasteiger partial charge < -0.3 is 29.5 Å². The first kappa shape index (κ1) is 26.9. The van der Waals surface area contributed by atoms with Gasteiger partial charge in [0.25, 0.3) is 5.91 Å². The third-order valence-corrected chi connectivity index (χ3v) is 6.43. The van der Waals surface area contributed by atoms with E-state index >= 15 is 0 Å². The number of carbonyl (C=O) groups is 2. The van der Waals surface area contributed by atoms with Gasteiger partial charge in [0.1, 0.15) is 17.3 Å². The van der Waals surface area contributed by atoms with Gasteiger partial charge in [-0.1, -0.05) is 18.8 Å². The summed E-state index contributed by atoms with van der Waals surface area (Å²) in [7, 11) is 1.77. The van der Waals surface area contributed by atoms with Crippen molar-refractivity contribution in [2.24, 2.45) is 11.8 Å². The predicted molar refractivity (Wildman–Crippen MR) is 130 cm³/mol. The van der Waals surface area contributed by atoms with Crippen LogP contribution in [0.1, 0.15) is 56.5 Å². The van der Waals surface area contributed by atoms with E-state index < -0.39 is 17.7 Å². The maximum atomic E-state index is 13.5.